The van der Waals surface area contributed by atoms with Crippen molar-refractivity contribution in [2.75, 3.05) is 44.3 Å². The van der Waals surface area contributed by atoms with Crippen molar-refractivity contribution in [2.45, 2.75) is 42.4 Å². The van der Waals surface area contributed by atoms with E-state index < -0.39 is 17.6 Å². The first kappa shape index (κ1) is 40.0. The smallest absolute Gasteiger partial charge is 0.339 e. The summed E-state index contributed by atoms with van der Waals surface area (Å²) in [5.74, 6) is 1.59. The van der Waals surface area contributed by atoms with Crippen LogP contribution in [0.2, 0.25) is 0 Å². The van der Waals surface area contributed by atoms with Crippen LogP contribution in [0.25, 0.3) is 10.9 Å². The van der Waals surface area contributed by atoms with Crippen molar-refractivity contribution < 1.29 is 37.4 Å². The minimum atomic E-state index is -0.568. The van der Waals surface area contributed by atoms with Gasteiger partial charge in [-0.05, 0) is 110 Å². The fourth-order valence-electron chi connectivity index (χ4n) is 5.06. The van der Waals surface area contributed by atoms with Crippen molar-refractivity contribution in [2.24, 2.45) is 0 Å². The number of aromatic nitrogens is 1. The Labute approximate surface area is 311 Å². The maximum atomic E-state index is 13.4. The Bertz CT molecular complexity index is 1950. The minimum absolute atomic E-state index is 0.110. The van der Waals surface area contributed by atoms with E-state index in [0.29, 0.717) is 29.2 Å². The standard InChI is InChI=1S/C20H21F2NO3S.C20H21NO3S/c1-3-26-20(25)17-13-15(22)9-10-18(17)27-11-5-8-19(24)23(2)16-7-4-6-14(21)12-16;1-23-16-7-9-18(10-8-16)25-13-3-4-20(22)21-12-11-15-5-6-17(24-2)14-19(15)21/h4,6-7,9-10,12-13H,3,5,8,11H2,1-2H3;5-12,14H,3-4,13H2,1-2H3. The van der Waals surface area contributed by atoms with E-state index in [-0.39, 0.29) is 30.4 Å². The second kappa shape index (κ2) is 20.3. The van der Waals surface area contributed by atoms with Gasteiger partial charge in [-0.1, -0.05) is 6.07 Å². The molecule has 0 radical (unpaired) electrons. The van der Waals surface area contributed by atoms with Crippen LogP contribution in [0, 0.1) is 11.6 Å². The molecule has 8 nitrogen and oxygen atoms in total. The number of ether oxygens (including phenoxy) is 3. The molecule has 0 aliphatic carbocycles. The maximum Gasteiger partial charge on any atom is 0.339 e. The number of nitrogens with zero attached hydrogens (tertiary/aromatic N) is 2. The third kappa shape index (κ3) is 11.6. The summed E-state index contributed by atoms with van der Waals surface area (Å²) in [5.41, 5.74) is 1.58. The van der Waals surface area contributed by atoms with Crippen LogP contribution in [-0.2, 0) is 9.53 Å². The van der Waals surface area contributed by atoms with Gasteiger partial charge in [0.25, 0.3) is 0 Å². The summed E-state index contributed by atoms with van der Waals surface area (Å²) in [6.07, 6.45) is 4.02. The molecule has 0 aliphatic heterocycles. The quantitative estimate of drug-likeness (QED) is 0.0595. The van der Waals surface area contributed by atoms with Gasteiger partial charge in [0, 0.05) is 53.0 Å². The molecular formula is C40H42F2N2O6S2. The molecule has 5 aromatic rings. The highest BCUT2D eigenvalue weighted by molar-refractivity contribution is 7.99. The number of amides is 1. The highest BCUT2D eigenvalue weighted by atomic mass is 32.2. The van der Waals surface area contributed by atoms with Crippen molar-refractivity contribution in [3.63, 3.8) is 0 Å². The van der Waals surface area contributed by atoms with Crippen LogP contribution < -0.4 is 14.4 Å². The van der Waals surface area contributed by atoms with E-state index in [2.05, 4.69) is 0 Å². The maximum absolute atomic E-state index is 13.4. The Balaban J connectivity index is 0.000000233. The molecule has 1 aromatic heterocycles. The van der Waals surface area contributed by atoms with Crippen LogP contribution in [-0.4, -0.2) is 61.7 Å². The molecule has 0 N–H and O–H groups in total. The van der Waals surface area contributed by atoms with Gasteiger partial charge in [0.05, 0.1) is 31.9 Å². The minimum Gasteiger partial charge on any atom is -0.497 e. The van der Waals surface area contributed by atoms with Crippen molar-refractivity contribution >= 4 is 57.9 Å². The SMILES string of the molecule is CCOC(=O)c1cc(F)ccc1SCCCC(=O)N(C)c1cccc(F)c1.COc1ccc(SCCCC(=O)n2ccc3ccc(OC)cc32)cc1. The van der Waals surface area contributed by atoms with Crippen molar-refractivity contribution in [3.05, 3.63) is 114 Å². The number of halogens is 2. The van der Waals surface area contributed by atoms with Crippen LogP contribution in [0.15, 0.2) is 107 Å². The van der Waals surface area contributed by atoms with E-state index in [1.54, 1.807) is 56.7 Å². The topological polar surface area (TPSA) is 87.1 Å². The average molecular weight is 749 g/mol. The third-order valence-corrected chi connectivity index (χ3v) is 10.1. The summed E-state index contributed by atoms with van der Waals surface area (Å²) in [5, 5.41) is 1.04. The molecule has 0 spiro atoms. The number of fused-ring (bicyclic) bond motifs is 1. The van der Waals surface area contributed by atoms with Crippen molar-refractivity contribution in [1.29, 1.82) is 0 Å². The Morgan fingerprint density at radius 1 is 0.769 bits per heavy atom. The van der Waals surface area contributed by atoms with Gasteiger partial charge in [-0.2, -0.15) is 0 Å². The van der Waals surface area contributed by atoms with Crippen LogP contribution in [0.1, 0.15) is 47.8 Å². The molecule has 1 amide bonds. The average Bonchev–Trinajstić information content (AvgIpc) is 3.59. The molecule has 52 heavy (non-hydrogen) atoms. The zero-order chi connectivity index (χ0) is 37.5. The van der Waals surface area contributed by atoms with Gasteiger partial charge in [0.15, 0.2) is 0 Å². The molecule has 0 fully saturated rings. The first-order chi connectivity index (χ1) is 25.1. The summed E-state index contributed by atoms with van der Waals surface area (Å²) in [6, 6.07) is 25.5. The Morgan fingerprint density at radius 2 is 1.46 bits per heavy atom. The van der Waals surface area contributed by atoms with Crippen LogP contribution in [0.3, 0.4) is 0 Å². The predicted octanol–water partition coefficient (Wildman–Crippen LogP) is 9.55. The molecule has 0 saturated carbocycles. The lowest BCUT2D eigenvalue weighted by molar-refractivity contribution is -0.118. The first-order valence-corrected chi connectivity index (χ1v) is 18.7. The number of thioether (sulfide) groups is 2. The van der Waals surface area contributed by atoms with Crippen molar-refractivity contribution in [3.8, 4) is 11.5 Å². The number of hydrogen-bond acceptors (Lipinski definition) is 8. The molecule has 4 aromatic carbocycles. The number of carbonyl (C=O) groups is 3. The number of rotatable bonds is 15. The van der Waals surface area contributed by atoms with E-state index in [0.717, 1.165) is 40.6 Å². The van der Waals surface area contributed by atoms with Gasteiger partial charge < -0.3 is 19.1 Å². The van der Waals surface area contributed by atoms with Crippen LogP contribution >= 0.6 is 23.5 Å². The zero-order valence-electron chi connectivity index (χ0n) is 29.6. The molecule has 0 aliphatic rings. The number of benzene rings is 4. The fourth-order valence-corrected chi connectivity index (χ4v) is 6.88. The van der Waals surface area contributed by atoms with E-state index in [1.807, 2.05) is 54.7 Å². The van der Waals surface area contributed by atoms with Gasteiger partial charge in [0.1, 0.15) is 23.1 Å². The van der Waals surface area contributed by atoms with Crippen LogP contribution in [0.5, 0.6) is 11.5 Å². The van der Waals surface area contributed by atoms with Crippen molar-refractivity contribution in [1.82, 2.24) is 4.57 Å². The molecule has 0 atom stereocenters. The highest BCUT2D eigenvalue weighted by Crippen LogP contribution is 2.27. The predicted molar refractivity (Wildman–Crippen MR) is 204 cm³/mol. The molecule has 0 bridgehead atoms. The summed E-state index contributed by atoms with van der Waals surface area (Å²) in [6.45, 7) is 1.89. The Kier molecular flexibility index (Phi) is 15.6. The van der Waals surface area contributed by atoms with Gasteiger partial charge in [0.2, 0.25) is 11.8 Å². The summed E-state index contributed by atoms with van der Waals surface area (Å²) in [4.78, 5) is 39.9. The summed E-state index contributed by atoms with van der Waals surface area (Å²) in [7, 11) is 4.89. The number of carbonyl (C=O) groups excluding carboxylic acids is 3. The van der Waals surface area contributed by atoms with Gasteiger partial charge in [-0.3, -0.25) is 14.2 Å². The second-order valence-corrected chi connectivity index (χ2v) is 13.7. The lowest BCUT2D eigenvalue weighted by atomic mass is 10.2. The Hall–Kier alpha value is -4.81. The number of methoxy groups -OCH3 is 2. The Morgan fingerprint density at radius 3 is 2.17 bits per heavy atom. The molecule has 5 rings (SSSR count). The lowest BCUT2D eigenvalue weighted by Crippen LogP contribution is -2.26. The van der Waals surface area contributed by atoms with E-state index >= 15 is 0 Å². The molecule has 0 saturated heterocycles. The number of esters is 1. The highest BCUT2D eigenvalue weighted by Gasteiger charge is 2.16. The normalized spacial score (nSPS) is 10.7. The summed E-state index contributed by atoms with van der Waals surface area (Å²) < 4.78 is 43.8. The monoisotopic (exact) mass is 748 g/mol. The van der Waals surface area contributed by atoms with E-state index in [9.17, 15) is 23.2 Å². The number of anilines is 1. The van der Waals surface area contributed by atoms with E-state index in [1.165, 1.54) is 45.8 Å². The fraction of sp³-hybridized carbons (Fsp3) is 0.275. The molecule has 0 unspecified atom stereocenters. The molecule has 274 valence electrons. The van der Waals surface area contributed by atoms with Gasteiger partial charge >= 0.3 is 5.97 Å². The number of hydrogen-bond donors (Lipinski definition) is 0. The zero-order valence-corrected chi connectivity index (χ0v) is 31.2. The van der Waals surface area contributed by atoms with Gasteiger partial charge in [-0.15, -0.1) is 23.5 Å². The third-order valence-electron chi connectivity index (χ3n) is 7.83. The molecular weight excluding hydrogens is 707 g/mol. The summed E-state index contributed by atoms with van der Waals surface area (Å²) >= 11 is 3.12. The van der Waals surface area contributed by atoms with E-state index in [4.69, 9.17) is 14.2 Å². The first-order valence-electron chi connectivity index (χ1n) is 16.7. The van der Waals surface area contributed by atoms with Gasteiger partial charge in [-0.25, -0.2) is 13.6 Å². The largest absolute Gasteiger partial charge is 0.497 e. The second-order valence-electron chi connectivity index (χ2n) is 11.4. The van der Waals surface area contributed by atoms with Crippen LogP contribution in [0.4, 0.5) is 14.5 Å². The molecule has 1 heterocycles. The molecule has 12 heteroatoms. The lowest BCUT2D eigenvalue weighted by Gasteiger charge is -2.17.